The minimum absolute atomic E-state index is 0.0223. The number of nitrogens with zero attached hydrogens (tertiary/aromatic N) is 4. The number of aliphatic hydroxyl groups is 1. The quantitative estimate of drug-likeness (QED) is 0.724. The van der Waals surface area contributed by atoms with E-state index in [0.717, 1.165) is 25.2 Å². The Balaban J connectivity index is 1.65. The molecule has 3 amide bonds. The molecular weight excluding hydrogens is 372 g/mol. The van der Waals surface area contributed by atoms with E-state index in [2.05, 4.69) is 25.5 Å². The molecule has 9 nitrogen and oxygen atoms in total. The van der Waals surface area contributed by atoms with Gasteiger partial charge in [0.05, 0.1) is 23.9 Å². The number of urea groups is 1. The largest absolute Gasteiger partial charge is 0.394 e. The summed E-state index contributed by atoms with van der Waals surface area (Å²) in [6, 6.07) is 8.43. The zero-order chi connectivity index (χ0) is 20.6. The summed E-state index contributed by atoms with van der Waals surface area (Å²) in [6.07, 6.45) is 2.44. The maximum absolute atomic E-state index is 13.1. The van der Waals surface area contributed by atoms with Crippen LogP contribution in [0.25, 0.3) is 0 Å². The van der Waals surface area contributed by atoms with Crippen molar-refractivity contribution in [2.45, 2.75) is 31.8 Å². The molecule has 152 valence electrons. The van der Waals surface area contributed by atoms with Crippen LogP contribution in [0.3, 0.4) is 0 Å². The van der Waals surface area contributed by atoms with Crippen LogP contribution in [-0.2, 0) is 0 Å². The van der Waals surface area contributed by atoms with Crippen LogP contribution in [0.4, 0.5) is 22.1 Å². The molecule has 0 radical (unpaired) electrons. The predicted octanol–water partition coefficient (Wildman–Crippen LogP) is 1.61. The fraction of sp³-hybridized carbons (Fsp3) is 0.400. The molecule has 2 aliphatic heterocycles. The summed E-state index contributed by atoms with van der Waals surface area (Å²) in [5.74, 6) is 0.518. The summed E-state index contributed by atoms with van der Waals surface area (Å²) in [5.41, 5.74) is 0.254. The van der Waals surface area contributed by atoms with Crippen molar-refractivity contribution < 1.29 is 14.7 Å². The number of pyridine rings is 2. The van der Waals surface area contributed by atoms with E-state index >= 15 is 0 Å². The van der Waals surface area contributed by atoms with Gasteiger partial charge in [-0.3, -0.25) is 15.0 Å². The number of aliphatic hydroxyl groups excluding tert-OH is 1. The molecule has 2 bridgehead atoms. The lowest BCUT2D eigenvalue weighted by Crippen LogP contribution is -2.49. The van der Waals surface area contributed by atoms with Crippen molar-refractivity contribution in [3.63, 3.8) is 0 Å². The third kappa shape index (κ3) is 3.73. The van der Waals surface area contributed by atoms with Gasteiger partial charge in [-0.1, -0.05) is 6.07 Å². The number of amides is 3. The number of carbonyl (C=O) groups is 2. The molecule has 0 aromatic carbocycles. The molecule has 9 heteroatoms. The smallest absolute Gasteiger partial charge is 0.329 e. The Morgan fingerprint density at radius 1 is 1.28 bits per heavy atom. The molecule has 1 fully saturated rings. The van der Waals surface area contributed by atoms with Gasteiger partial charge in [0.2, 0.25) is 0 Å². The first-order valence-corrected chi connectivity index (χ1v) is 9.58. The second kappa shape index (κ2) is 7.32. The van der Waals surface area contributed by atoms with E-state index in [0.29, 0.717) is 11.6 Å². The third-order valence-corrected chi connectivity index (χ3v) is 5.15. The van der Waals surface area contributed by atoms with Crippen LogP contribution in [0.2, 0.25) is 0 Å². The number of hydrogen-bond acceptors (Lipinski definition) is 6. The normalized spacial score (nSPS) is 17.7. The Bertz CT molecular complexity index is 933. The van der Waals surface area contributed by atoms with Gasteiger partial charge in [0.1, 0.15) is 11.5 Å². The maximum atomic E-state index is 13.1. The van der Waals surface area contributed by atoms with E-state index in [4.69, 9.17) is 0 Å². The van der Waals surface area contributed by atoms with E-state index in [9.17, 15) is 14.7 Å². The molecule has 4 heterocycles. The zero-order valence-electron chi connectivity index (χ0n) is 16.4. The highest BCUT2D eigenvalue weighted by Crippen LogP contribution is 2.39. The second-order valence-corrected chi connectivity index (χ2v) is 7.94. The van der Waals surface area contributed by atoms with E-state index in [1.807, 2.05) is 6.07 Å². The molecule has 1 unspecified atom stereocenters. The summed E-state index contributed by atoms with van der Waals surface area (Å²) < 4.78 is 0. The zero-order valence-corrected chi connectivity index (χ0v) is 16.4. The minimum atomic E-state index is -0.771. The minimum Gasteiger partial charge on any atom is -0.394 e. The van der Waals surface area contributed by atoms with Gasteiger partial charge in [-0.15, -0.1) is 0 Å². The third-order valence-electron chi connectivity index (χ3n) is 5.15. The molecule has 0 aliphatic carbocycles. The lowest BCUT2D eigenvalue weighted by Gasteiger charge is -2.35. The van der Waals surface area contributed by atoms with Gasteiger partial charge >= 0.3 is 6.03 Å². The molecule has 1 atom stereocenters. The standard InChI is InChI=1S/C20H24N6O3/c1-20(2,12-27)24-18(28)14-6-7-15-17(22-14)26(13-8-10-25(15)11-13)19(29)23-16-5-3-4-9-21-16/h3-7,9,13,27H,8,10-12H2,1-2H3,(H,24,28)(H,21,23,29). The number of anilines is 3. The molecule has 2 aliphatic rings. The molecular formula is C20H24N6O3. The Morgan fingerprint density at radius 3 is 2.83 bits per heavy atom. The van der Waals surface area contributed by atoms with Gasteiger partial charge in [0.25, 0.3) is 5.91 Å². The van der Waals surface area contributed by atoms with Gasteiger partial charge in [-0.2, -0.15) is 0 Å². The molecule has 2 aromatic rings. The predicted molar refractivity (Wildman–Crippen MR) is 109 cm³/mol. The summed E-state index contributed by atoms with van der Waals surface area (Å²) in [4.78, 5) is 38.2. The van der Waals surface area contributed by atoms with Gasteiger partial charge in [-0.05, 0) is 44.5 Å². The van der Waals surface area contributed by atoms with Crippen molar-refractivity contribution in [3.05, 3.63) is 42.2 Å². The van der Waals surface area contributed by atoms with E-state index < -0.39 is 11.4 Å². The lowest BCUT2D eigenvalue weighted by atomic mass is 10.1. The maximum Gasteiger partial charge on any atom is 0.329 e. The van der Waals surface area contributed by atoms with Crippen molar-refractivity contribution in [1.82, 2.24) is 15.3 Å². The Labute approximate surface area is 168 Å². The van der Waals surface area contributed by atoms with Gasteiger partial charge in [-0.25, -0.2) is 14.8 Å². The van der Waals surface area contributed by atoms with Crippen molar-refractivity contribution in [3.8, 4) is 0 Å². The fourth-order valence-electron chi connectivity index (χ4n) is 3.62. The summed E-state index contributed by atoms with van der Waals surface area (Å²) in [7, 11) is 0. The number of fused-ring (bicyclic) bond motifs is 4. The molecule has 0 saturated carbocycles. The average molecular weight is 396 g/mol. The van der Waals surface area contributed by atoms with Crippen LogP contribution >= 0.6 is 0 Å². The van der Waals surface area contributed by atoms with Crippen molar-refractivity contribution in [2.75, 3.05) is 34.8 Å². The first-order chi connectivity index (χ1) is 13.9. The number of aromatic nitrogens is 2. The van der Waals surface area contributed by atoms with Crippen molar-refractivity contribution in [2.24, 2.45) is 0 Å². The molecule has 3 N–H and O–H groups in total. The van der Waals surface area contributed by atoms with Crippen molar-refractivity contribution in [1.29, 1.82) is 0 Å². The van der Waals surface area contributed by atoms with E-state index in [1.165, 1.54) is 0 Å². The van der Waals surface area contributed by atoms with Gasteiger partial charge in [0, 0.05) is 19.3 Å². The molecule has 1 saturated heterocycles. The average Bonchev–Trinajstić information content (AvgIpc) is 3.12. The Kier molecular flexibility index (Phi) is 4.83. The topological polar surface area (TPSA) is 111 Å². The van der Waals surface area contributed by atoms with Gasteiger partial charge in [0.15, 0.2) is 5.82 Å². The number of nitrogens with one attached hydrogen (secondary N) is 2. The monoisotopic (exact) mass is 396 g/mol. The van der Waals surface area contributed by atoms with E-state index in [-0.39, 0.29) is 24.4 Å². The molecule has 0 spiro atoms. The van der Waals surface area contributed by atoms with Crippen molar-refractivity contribution >= 4 is 29.3 Å². The molecule has 2 aromatic heterocycles. The van der Waals surface area contributed by atoms with Gasteiger partial charge < -0.3 is 15.3 Å². The summed E-state index contributed by atoms with van der Waals surface area (Å²) in [5, 5.41) is 15.0. The Morgan fingerprint density at radius 2 is 2.10 bits per heavy atom. The molecule has 29 heavy (non-hydrogen) atoms. The number of hydrogen-bond donors (Lipinski definition) is 3. The summed E-state index contributed by atoms with van der Waals surface area (Å²) in [6.45, 7) is 4.81. The van der Waals surface area contributed by atoms with Crippen LogP contribution in [0.1, 0.15) is 30.8 Å². The first-order valence-electron chi connectivity index (χ1n) is 9.58. The lowest BCUT2D eigenvalue weighted by molar-refractivity contribution is 0.0864. The second-order valence-electron chi connectivity index (χ2n) is 7.94. The SMILES string of the molecule is CC(C)(CO)NC(=O)c1ccc2c(n1)N(C(=O)Nc1ccccn1)C1CCN2C1. The van der Waals surface area contributed by atoms with Crippen LogP contribution in [-0.4, -0.2) is 58.3 Å². The van der Waals surface area contributed by atoms with Crippen LogP contribution < -0.4 is 20.4 Å². The highest BCUT2D eigenvalue weighted by atomic mass is 16.3. The number of rotatable bonds is 4. The highest BCUT2D eigenvalue weighted by molar-refractivity contribution is 6.05. The highest BCUT2D eigenvalue weighted by Gasteiger charge is 2.40. The van der Waals surface area contributed by atoms with Crippen LogP contribution in [0, 0.1) is 0 Å². The van der Waals surface area contributed by atoms with E-state index in [1.54, 1.807) is 49.2 Å². The van der Waals surface area contributed by atoms with Crippen LogP contribution in [0.15, 0.2) is 36.5 Å². The fourth-order valence-corrected chi connectivity index (χ4v) is 3.62. The molecule has 4 rings (SSSR count). The van der Waals surface area contributed by atoms with Crippen LogP contribution in [0.5, 0.6) is 0 Å². The summed E-state index contributed by atoms with van der Waals surface area (Å²) >= 11 is 0. The first kappa shape index (κ1) is 19.1. The number of carbonyl (C=O) groups excluding carboxylic acids is 2. The Hall–Kier alpha value is -3.20.